The number of ether oxygens (including phenoxy) is 1. The lowest BCUT2D eigenvalue weighted by Gasteiger charge is -2.32. The van der Waals surface area contributed by atoms with E-state index in [1.54, 1.807) is 0 Å². The van der Waals surface area contributed by atoms with Crippen molar-refractivity contribution in [2.24, 2.45) is 0 Å². The number of hydrogen-bond donors (Lipinski definition) is 0. The van der Waals surface area contributed by atoms with E-state index in [0.717, 1.165) is 31.6 Å². The highest BCUT2D eigenvalue weighted by Crippen LogP contribution is 2.17. The maximum atomic E-state index is 5.66. The van der Waals surface area contributed by atoms with Gasteiger partial charge in [0, 0.05) is 25.0 Å². The predicted octanol–water partition coefficient (Wildman–Crippen LogP) is 3.41. The second-order valence-corrected chi connectivity index (χ2v) is 5.93. The number of rotatable bonds is 4. The number of nitrogens with zero attached hydrogens (tertiary/aromatic N) is 1. The fourth-order valence-corrected chi connectivity index (χ4v) is 2.68. The van der Waals surface area contributed by atoms with E-state index in [1.165, 1.54) is 11.1 Å². The smallest absolute Gasteiger partial charge is 0.0799 e. The molecule has 0 amide bonds. The molecule has 0 aromatic heterocycles. The van der Waals surface area contributed by atoms with Gasteiger partial charge in [0.1, 0.15) is 0 Å². The normalized spacial score (nSPS) is 21.4. The van der Waals surface area contributed by atoms with Crippen LogP contribution in [0.2, 0.25) is 0 Å². The van der Waals surface area contributed by atoms with Crippen LogP contribution in [0.1, 0.15) is 30.9 Å². The Morgan fingerprint density at radius 1 is 1.33 bits per heavy atom. The van der Waals surface area contributed by atoms with Gasteiger partial charge in [0.25, 0.3) is 0 Å². The lowest BCUT2D eigenvalue weighted by molar-refractivity contribution is -0.0181. The zero-order valence-electron chi connectivity index (χ0n) is 11.2. The van der Waals surface area contributed by atoms with E-state index in [9.17, 15) is 0 Å². The number of alkyl halides is 1. The highest BCUT2D eigenvalue weighted by atomic mass is 79.9. The van der Waals surface area contributed by atoms with Crippen LogP contribution in [-0.4, -0.2) is 36.0 Å². The molecule has 1 aliphatic heterocycles. The predicted molar refractivity (Wildman–Crippen MR) is 79.3 cm³/mol. The zero-order chi connectivity index (χ0) is 13.0. The first-order chi connectivity index (χ1) is 8.69. The summed E-state index contributed by atoms with van der Waals surface area (Å²) in [4.78, 5) is 2.47. The van der Waals surface area contributed by atoms with Crippen molar-refractivity contribution in [2.75, 3.05) is 25.0 Å². The minimum absolute atomic E-state index is 0.341. The summed E-state index contributed by atoms with van der Waals surface area (Å²) in [5, 5.41) is 0.926. The van der Waals surface area contributed by atoms with Gasteiger partial charge in [-0.2, -0.15) is 0 Å². The molecule has 1 aromatic rings. The number of halogens is 1. The molecule has 2 rings (SSSR count). The summed E-state index contributed by atoms with van der Waals surface area (Å²) in [6.07, 6.45) is 0.341. The summed E-state index contributed by atoms with van der Waals surface area (Å²) >= 11 is 3.50. The number of morpholine rings is 1. The maximum absolute atomic E-state index is 5.66. The van der Waals surface area contributed by atoms with Crippen LogP contribution < -0.4 is 0 Å². The summed E-state index contributed by atoms with van der Waals surface area (Å²) < 4.78 is 5.66. The van der Waals surface area contributed by atoms with Crippen molar-refractivity contribution in [1.29, 1.82) is 0 Å². The third-order valence-electron chi connectivity index (χ3n) is 3.45. The highest BCUT2D eigenvalue weighted by Gasteiger charge is 2.19. The van der Waals surface area contributed by atoms with Gasteiger partial charge in [-0.05, 0) is 17.0 Å². The molecular formula is C15H22BrNO. The average Bonchev–Trinajstić information content (AvgIpc) is 2.39. The number of benzene rings is 1. The number of hydrogen-bond acceptors (Lipinski definition) is 2. The average molecular weight is 312 g/mol. The Bertz CT molecular complexity index is 363. The van der Waals surface area contributed by atoms with E-state index in [1.807, 2.05) is 0 Å². The molecule has 0 N–H and O–H groups in total. The van der Waals surface area contributed by atoms with Crippen molar-refractivity contribution in [2.45, 2.75) is 32.4 Å². The van der Waals surface area contributed by atoms with E-state index in [4.69, 9.17) is 4.74 Å². The molecule has 18 heavy (non-hydrogen) atoms. The Morgan fingerprint density at radius 2 is 2.06 bits per heavy atom. The minimum Gasteiger partial charge on any atom is -0.375 e. The Balaban J connectivity index is 1.92. The molecule has 1 atom stereocenters. The molecule has 100 valence electrons. The molecule has 1 fully saturated rings. The summed E-state index contributed by atoms with van der Waals surface area (Å²) in [6, 6.07) is 9.02. The van der Waals surface area contributed by atoms with Gasteiger partial charge in [0.15, 0.2) is 0 Å². The van der Waals surface area contributed by atoms with Crippen LogP contribution in [0.15, 0.2) is 24.3 Å². The van der Waals surface area contributed by atoms with Crippen LogP contribution >= 0.6 is 15.9 Å². The third-order valence-corrected chi connectivity index (χ3v) is 4.17. The zero-order valence-corrected chi connectivity index (χ0v) is 12.8. The van der Waals surface area contributed by atoms with E-state index in [-0.39, 0.29) is 0 Å². The summed E-state index contributed by atoms with van der Waals surface area (Å²) in [6.45, 7) is 8.41. The quantitative estimate of drug-likeness (QED) is 0.790. The first-order valence-corrected chi connectivity index (χ1v) is 7.80. The Morgan fingerprint density at radius 3 is 2.67 bits per heavy atom. The molecule has 0 aliphatic carbocycles. The molecule has 1 unspecified atom stereocenters. The topological polar surface area (TPSA) is 12.5 Å². The van der Waals surface area contributed by atoms with Gasteiger partial charge in [0.2, 0.25) is 0 Å². The lowest BCUT2D eigenvalue weighted by Crippen LogP contribution is -2.42. The molecule has 1 aromatic carbocycles. The van der Waals surface area contributed by atoms with Gasteiger partial charge >= 0.3 is 0 Å². The summed E-state index contributed by atoms with van der Waals surface area (Å²) in [5.41, 5.74) is 2.81. The van der Waals surface area contributed by atoms with Gasteiger partial charge in [-0.3, -0.25) is 4.90 Å². The lowest BCUT2D eigenvalue weighted by atomic mass is 10.0. The van der Waals surface area contributed by atoms with Crippen LogP contribution in [0.4, 0.5) is 0 Å². The van der Waals surface area contributed by atoms with Crippen molar-refractivity contribution in [1.82, 2.24) is 4.90 Å². The molecule has 1 saturated heterocycles. The molecular weight excluding hydrogens is 290 g/mol. The Hall–Kier alpha value is -0.380. The van der Waals surface area contributed by atoms with E-state index >= 15 is 0 Å². The minimum atomic E-state index is 0.341. The van der Waals surface area contributed by atoms with Crippen molar-refractivity contribution >= 4 is 15.9 Å². The van der Waals surface area contributed by atoms with Crippen LogP contribution in [0.25, 0.3) is 0 Å². The Labute approximate surface area is 118 Å². The standard InChI is InChI=1S/C15H22BrNO/c1-12(2)14-5-3-13(4-6-14)10-17-7-8-18-15(9-16)11-17/h3-6,12,15H,7-11H2,1-2H3. The second-order valence-electron chi connectivity index (χ2n) is 5.28. The molecule has 2 nitrogen and oxygen atoms in total. The first-order valence-electron chi connectivity index (χ1n) is 6.68. The fraction of sp³-hybridized carbons (Fsp3) is 0.600. The van der Waals surface area contributed by atoms with Gasteiger partial charge in [-0.1, -0.05) is 54.0 Å². The molecule has 1 heterocycles. The van der Waals surface area contributed by atoms with Crippen LogP contribution in [-0.2, 0) is 11.3 Å². The third kappa shape index (κ3) is 3.81. The van der Waals surface area contributed by atoms with E-state index < -0.39 is 0 Å². The van der Waals surface area contributed by atoms with Crippen LogP contribution in [0.5, 0.6) is 0 Å². The van der Waals surface area contributed by atoms with Crippen LogP contribution in [0, 0.1) is 0 Å². The Kier molecular flexibility index (Phi) is 5.22. The van der Waals surface area contributed by atoms with Crippen molar-refractivity contribution < 1.29 is 4.74 Å². The molecule has 0 saturated carbocycles. The highest BCUT2D eigenvalue weighted by molar-refractivity contribution is 9.09. The van der Waals surface area contributed by atoms with Gasteiger partial charge < -0.3 is 4.74 Å². The van der Waals surface area contributed by atoms with Crippen molar-refractivity contribution in [3.05, 3.63) is 35.4 Å². The van der Waals surface area contributed by atoms with Gasteiger partial charge in [-0.25, -0.2) is 0 Å². The molecule has 0 radical (unpaired) electrons. The van der Waals surface area contributed by atoms with Crippen molar-refractivity contribution in [3.8, 4) is 0 Å². The largest absolute Gasteiger partial charge is 0.375 e. The molecule has 0 spiro atoms. The van der Waals surface area contributed by atoms with E-state index in [0.29, 0.717) is 12.0 Å². The second kappa shape index (κ2) is 6.69. The summed E-state index contributed by atoms with van der Waals surface area (Å²) in [7, 11) is 0. The van der Waals surface area contributed by atoms with E-state index in [2.05, 4.69) is 58.9 Å². The van der Waals surface area contributed by atoms with Gasteiger partial charge in [0.05, 0.1) is 12.7 Å². The molecule has 1 aliphatic rings. The molecule has 3 heteroatoms. The maximum Gasteiger partial charge on any atom is 0.0799 e. The van der Waals surface area contributed by atoms with Gasteiger partial charge in [-0.15, -0.1) is 0 Å². The van der Waals surface area contributed by atoms with Crippen LogP contribution in [0.3, 0.4) is 0 Å². The first kappa shape index (κ1) is 14.0. The van der Waals surface area contributed by atoms with Crippen molar-refractivity contribution in [3.63, 3.8) is 0 Å². The SMILES string of the molecule is CC(C)c1ccc(CN2CCOC(CBr)C2)cc1. The molecule has 0 bridgehead atoms. The monoisotopic (exact) mass is 311 g/mol. The summed E-state index contributed by atoms with van der Waals surface area (Å²) in [5.74, 6) is 0.611. The fourth-order valence-electron chi connectivity index (χ4n) is 2.28.